The van der Waals surface area contributed by atoms with Crippen molar-refractivity contribution < 1.29 is 19.1 Å². The third kappa shape index (κ3) is 5.44. The minimum absolute atomic E-state index is 0.189. The number of carbonyl (C=O) groups is 3. The van der Waals surface area contributed by atoms with E-state index in [0.717, 1.165) is 42.5 Å². The third-order valence-corrected chi connectivity index (χ3v) is 6.37. The molecule has 3 rings (SSSR count). The van der Waals surface area contributed by atoms with Gasteiger partial charge in [0.2, 0.25) is 0 Å². The first kappa shape index (κ1) is 21.0. The van der Waals surface area contributed by atoms with Crippen molar-refractivity contribution >= 4 is 34.8 Å². The fourth-order valence-corrected chi connectivity index (χ4v) is 4.49. The molecular formula is C22H26N2O4S. The van der Waals surface area contributed by atoms with Crippen molar-refractivity contribution in [2.45, 2.75) is 52.0 Å². The lowest BCUT2D eigenvalue weighted by molar-refractivity contribution is -0.119. The Bertz CT molecular complexity index is 900. The molecule has 1 saturated carbocycles. The van der Waals surface area contributed by atoms with Crippen LogP contribution in [0.3, 0.4) is 0 Å². The number of aryl methyl sites for hydroxylation is 2. The smallest absolute Gasteiger partial charge is 0.348 e. The quantitative estimate of drug-likeness (QED) is 0.669. The van der Waals surface area contributed by atoms with Gasteiger partial charge in [0.25, 0.3) is 11.8 Å². The van der Waals surface area contributed by atoms with Gasteiger partial charge in [-0.15, -0.1) is 11.3 Å². The number of anilines is 1. The SMILES string of the molecule is CCc1sc(C(=O)OCC(=O)Nc2ccccc2C(=O)NC2CCCC2)cc1C. The molecule has 6 nitrogen and oxygen atoms in total. The van der Waals surface area contributed by atoms with Gasteiger partial charge in [-0.1, -0.05) is 31.9 Å². The highest BCUT2D eigenvalue weighted by Crippen LogP contribution is 2.23. The van der Waals surface area contributed by atoms with Gasteiger partial charge in [-0.3, -0.25) is 9.59 Å². The van der Waals surface area contributed by atoms with Crippen molar-refractivity contribution in [1.82, 2.24) is 5.32 Å². The van der Waals surface area contributed by atoms with Crippen LogP contribution < -0.4 is 10.6 Å². The van der Waals surface area contributed by atoms with Gasteiger partial charge in [-0.2, -0.15) is 0 Å². The first-order chi connectivity index (χ1) is 14.0. The Morgan fingerprint density at radius 1 is 1.17 bits per heavy atom. The summed E-state index contributed by atoms with van der Waals surface area (Å²) in [5, 5.41) is 5.70. The van der Waals surface area contributed by atoms with Gasteiger partial charge in [0.05, 0.1) is 11.3 Å². The third-order valence-electron chi connectivity index (χ3n) is 5.01. The highest BCUT2D eigenvalue weighted by molar-refractivity contribution is 7.14. The van der Waals surface area contributed by atoms with Crippen LogP contribution in [0.1, 0.15) is 63.1 Å². The lowest BCUT2D eigenvalue weighted by Gasteiger charge is -2.15. The Morgan fingerprint density at radius 2 is 1.90 bits per heavy atom. The molecule has 1 aromatic heterocycles. The molecule has 1 aromatic carbocycles. The fraction of sp³-hybridized carbons (Fsp3) is 0.409. The van der Waals surface area contributed by atoms with Gasteiger partial charge >= 0.3 is 5.97 Å². The number of carbonyl (C=O) groups excluding carboxylic acids is 3. The molecule has 0 aliphatic heterocycles. The second-order valence-corrected chi connectivity index (χ2v) is 8.33. The van der Waals surface area contributed by atoms with Crippen LogP contribution in [-0.2, 0) is 16.0 Å². The molecule has 2 amide bonds. The zero-order valence-corrected chi connectivity index (χ0v) is 17.6. The maximum atomic E-state index is 12.6. The summed E-state index contributed by atoms with van der Waals surface area (Å²) in [6, 6.07) is 8.81. The van der Waals surface area contributed by atoms with E-state index in [9.17, 15) is 14.4 Å². The van der Waals surface area contributed by atoms with Crippen molar-refractivity contribution in [2.24, 2.45) is 0 Å². The Kier molecular flexibility index (Phi) is 7.04. The molecule has 0 spiro atoms. The van der Waals surface area contributed by atoms with Gasteiger partial charge < -0.3 is 15.4 Å². The Balaban J connectivity index is 1.57. The van der Waals surface area contributed by atoms with Crippen molar-refractivity contribution in [1.29, 1.82) is 0 Å². The molecule has 1 aliphatic carbocycles. The molecule has 0 atom stereocenters. The average molecular weight is 415 g/mol. The van der Waals surface area contributed by atoms with E-state index in [4.69, 9.17) is 4.74 Å². The van der Waals surface area contributed by atoms with E-state index in [1.165, 1.54) is 11.3 Å². The summed E-state index contributed by atoms with van der Waals surface area (Å²) in [5.41, 5.74) is 1.86. The number of thiophene rings is 1. The number of ether oxygens (including phenoxy) is 1. The Labute approximate surface area is 174 Å². The number of rotatable bonds is 7. The van der Waals surface area contributed by atoms with Crippen LogP contribution in [0.5, 0.6) is 0 Å². The van der Waals surface area contributed by atoms with Crippen molar-refractivity contribution in [3.63, 3.8) is 0 Å². The summed E-state index contributed by atoms with van der Waals surface area (Å²) in [5.74, 6) is -1.20. The maximum Gasteiger partial charge on any atom is 0.348 e. The maximum absolute atomic E-state index is 12.6. The number of esters is 1. The zero-order chi connectivity index (χ0) is 20.8. The number of hydrogen-bond donors (Lipinski definition) is 2. The van der Waals surface area contributed by atoms with Gasteiger partial charge in [-0.25, -0.2) is 4.79 Å². The van der Waals surface area contributed by atoms with Crippen molar-refractivity contribution in [2.75, 3.05) is 11.9 Å². The van der Waals surface area contributed by atoms with E-state index in [-0.39, 0.29) is 11.9 Å². The van der Waals surface area contributed by atoms with E-state index in [0.29, 0.717) is 16.1 Å². The van der Waals surface area contributed by atoms with E-state index in [1.807, 2.05) is 13.8 Å². The fourth-order valence-electron chi connectivity index (χ4n) is 3.48. The minimum Gasteiger partial charge on any atom is -0.451 e. The molecule has 1 aliphatic rings. The molecule has 2 aromatic rings. The summed E-state index contributed by atoms with van der Waals surface area (Å²) in [6.07, 6.45) is 5.07. The van der Waals surface area contributed by atoms with Crippen LogP contribution in [0.25, 0.3) is 0 Å². The van der Waals surface area contributed by atoms with Crippen LogP contribution in [0.4, 0.5) is 5.69 Å². The number of hydrogen-bond acceptors (Lipinski definition) is 5. The molecule has 0 saturated heterocycles. The van der Waals surface area contributed by atoms with Gasteiger partial charge in [-0.05, 0) is 49.9 Å². The topological polar surface area (TPSA) is 84.5 Å². The average Bonchev–Trinajstić information content (AvgIpc) is 3.35. The molecule has 154 valence electrons. The summed E-state index contributed by atoms with van der Waals surface area (Å²) in [7, 11) is 0. The number of para-hydroxylation sites is 1. The van der Waals surface area contributed by atoms with E-state index in [2.05, 4.69) is 10.6 Å². The first-order valence-corrected chi connectivity index (χ1v) is 10.8. The molecule has 2 N–H and O–H groups in total. The zero-order valence-electron chi connectivity index (χ0n) is 16.7. The highest BCUT2D eigenvalue weighted by Gasteiger charge is 2.20. The normalized spacial score (nSPS) is 13.9. The molecular weight excluding hydrogens is 388 g/mol. The van der Waals surface area contributed by atoms with Crippen LogP contribution in [-0.4, -0.2) is 30.4 Å². The summed E-state index contributed by atoms with van der Waals surface area (Å²) in [6.45, 7) is 3.57. The van der Waals surface area contributed by atoms with Gasteiger partial charge in [0.1, 0.15) is 4.88 Å². The monoisotopic (exact) mass is 414 g/mol. The second kappa shape index (κ2) is 9.69. The van der Waals surface area contributed by atoms with Crippen LogP contribution >= 0.6 is 11.3 Å². The lowest BCUT2D eigenvalue weighted by Crippen LogP contribution is -2.33. The minimum atomic E-state index is -0.514. The summed E-state index contributed by atoms with van der Waals surface area (Å²) < 4.78 is 5.14. The molecule has 29 heavy (non-hydrogen) atoms. The number of amides is 2. The van der Waals surface area contributed by atoms with E-state index < -0.39 is 18.5 Å². The number of nitrogens with one attached hydrogen (secondary N) is 2. The highest BCUT2D eigenvalue weighted by atomic mass is 32.1. The summed E-state index contributed by atoms with van der Waals surface area (Å²) >= 11 is 1.39. The van der Waals surface area contributed by atoms with Gasteiger partial charge in [0, 0.05) is 10.9 Å². The van der Waals surface area contributed by atoms with Crippen molar-refractivity contribution in [3.05, 3.63) is 51.2 Å². The van der Waals surface area contributed by atoms with Crippen LogP contribution in [0.15, 0.2) is 30.3 Å². The molecule has 0 radical (unpaired) electrons. The standard InChI is InChI=1S/C22H26N2O4S/c1-3-18-14(2)12-19(29-18)22(27)28-13-20(25)24-17-11-7-6-10-16(17)21(26)23-15-8-4-5-9-15/h6-7,10-12,15H,3-5,8-9,13H2,1-2H3,(H,23,26)(H,24,25). The molecule has 0 unspecified atom stereocenters. The number of benzene rings is 1. The Hall–Kier alpha value is -2.67. The van der Waals surface area contributed by atoms with E-state index in [1.54, 1.807) is 30.3 Å². The van der Waals surface area contributed by atoms with Gasteiger partial charge in [0.15, 0.2) is 6.61 Å². The molecule has 7 heteroatoms. The van der Waals surface area contributed by atoms with Crippen molar-refractivity contribution in [3.8, 4) is 0 Å². The first-order valence-electron chi connectivity index (χ1n) is 9.94. The molecule has 1 heterocycles. The second-order valence-electron chi connectivity index (χ2n) is 7.20. The van der Waals surface area contributed by atoms with Crippen LogP contribution in [0, 0.1) is 6.92 Å². The Morgan fingerprint density at radius 3 is 2.59 bits per heavy atom. The van der Waals surface area contributed by atoms with E-state index >= 15 is 0 Å². The predicted molar refractivity (Wildman–Crippen MR) is 114 cm³/mol. The largest absolute Gasteiger partial charge is 0.451 e. The van der Waals surface area contributed by atoms with Crippen LogP contribution in [0.2, 0.25) is 0 Å². The predicted octanol–water partition coefficient (Wildman–Crippen LogP) is 4.09. The lowest BCUT2D eigenvalue weighted by atomic mass is 10.1. The molecule has 1 fully saturated rings. The summed E-state index contributed by atoms with van der Waals surface area (Å²) in [4.78, 5) is 38.7. The molecule has 0 bridgehead atoms.